The van der Waals surface area contributed by atoms with E-state index in [0.29, 0.717) is 6.42 Å². The Bertz CT molecular complexity index is 428. The van der Waals surface area contributed by atoms with Crippen LogP contribution in [0.3, 0.4) is 0 Å². The number of hydrogen-bond acceptors (Lipinski definition) is 2. The lowest BCUT2D eigenvalue weighted by molar-refractivity contribution is 0.0960. The number of benzene rings is 1. The highest BCUT2D eigenvalue weighted by Crippen LogP contribution is 2.36. The van der Waals surface area contributed by atoms with E-state index in [-0.39, 0.29) is 5.78 Å². The summed E-state index contributed by atoms with van der Waals surface area (Å²) in [5.74, 6) is 2.16. The molecule has 0 radical (unpaired) electrons. The van der Waals surface area contributed by atoms with E-state index < -0.39 is 0 Å². The highest BCUT2D eigenvalue weighted by atomic mass is 16.1. The van der Waals surface area contributed by atoms with Crippen LogP contribution in [0.25, 0.3) is 0 Å². The minimum absolute atomic E-state index is 0.287. The summed E-state index contributed by atoms with van der Waals surface area (Å²) in [6, 6.07) is 9.69. The van der Waals surface area contributed by atoms with Crippen molar-refractivity contribution < 1.29 is 4.79 Å². The molecule has 1 aromatic carbocycles. The third-order valence-corrected chi connectivity index (χ3v) is 4.77. The van der Waals surface area contributed by atoms with Gasteiger partial charge in [0.2, 0.25) is 0 Å². The van der Waals surface area contributed by atoms with Crippen molar-refractivity contribution in [3.63, 3.8) is 0 Å². The topological polar surface area (TPSA) is 20.3 Å². The third-order valence-electron chi connectivity index (χ3n) is 4.77. The maximum Gasteiger partial charge on any atom is 0.164 e. The van der Waals surface area contributed by atoms with Crippen LogP contribution in [0.1, 0.15) is 42.5 Å². The van der Waals surface area contributed by atoms with Gasteiger partial charge in [0, 0.05) is 25.1 Å². The van der Waals surface area contributed by atoms with Crippen LogP contribution in [-0.2, 0) is 0 Å². The minimum atomic E-state index is 0.287. The molecule has 1 aliphatic carbocycles. The van der Waals surface area contributed by atoms with Gasteiger partial charge in [0.05, 0.1) is 0 Å². The Kier molecular flexibility index (Phi) is 3.97. The predicted molar refractivity (Wildman–Crippen MR) is 77.3 cm³/mol. The number of fused-ring (bicyclic) bond motifs is 2. The summed E-state index contributed by atoms with van der Waals surface area (Å²) >= 11 is 0. The first-order valence-electron chi connectivity index (χ1n) is 7.62. The van der Waals surface area contributed by atoms with Crippen molar-refractivity contribution in [3.05, 3.63) is 35.9 Å². The lowest BCUT2D eigenvalue weighted by atomic mass is 10.0. The van der Waals surface area contributed by atoms with E-state index in [0.717, 1.165) is 23.9 Å². The molecule has 2 heteroatoms. The molecular weight excluding hydrogens is 234 g/mol. The van der Waals surface area contributed by atoms with Crippen molar-refractivity contribution in [1.29, 1.82) is 0 Å². The van der Waals surface area contributed by atoms with Gasteiger partial charge in [0.25, 0.3) is 0 Å². The van der Waals surface area contributed by atoms with E-state index in [1.54, 1.807) is 0 Å². The molecule has 1 saturated carbocycles. The maximum absolute atomic E-state index is 12.1. The summed E-state index contributed by atoms with van der Waals surface area (Å²) in [7, 11) is 0. The summed E-state index contributed by atoms with van der Waals surface area (Å²) in [4.78, 5) is 14.6. The van der Waals surface area contributed by atoms with Crippen molar-refractivity contribution in [1.82, 2.24) is 4.90 Å². The minimum Gasteiger partial charge on any atom is -0.303 e. The summed E-state index contributed by atoms with van der Waals surface area (Å²) in [6.45, 7) is 3.36. The quantitative estimate of drug-likeness (QED) is 0.771. The van der Waals surface area contributed by atoms with Gasteiger partial charge in [-0.05, 0) is 37.6 Å². The fourth-order valence-corrected chi connectivity index (χ4v) is 3.66. The number of carbonyl (C=O) groups is 1. The number of Topliss-reactive ketones (excluding diaryl/α,β-unsaturated/α-hetero) is 1. The van der Waals surface area contributed by atoms with E-state index in [1.165, 1.54) is 38.8 Å². The average molecular weight is 257 g/mol. The molecule has 2 atom stereocenters. The number of carbonyl (C=O) groups excluding carboxylic acids is 1. The molecule has 1 heterocycles. The number of likely N-dealkylation sites (tertiary alicyclic amines) is 1. The summed E-state index contributed by atoms with van der Waals surface area (Å²) in [6.07, 6.45) is 6.30. The number of ketones is 1. The van der Waals surface area contributed by atoms with Gasteiger partial charge < -0.3 is 4.90 Å². The molecule has 0 amide bonds. The van der Waals surface area contributed by atoms with Gasteiger partial charge >= 0.3 is 0 Å². The second-order valence-corrected chi connectivity index (χ2v) is 6.17. The molecule has 2 nitrogen and oxygen atoms in total. The van der Waals surface area contributed by atoms with Crippen LogP contribution in [-0.4, -0.2) is 30.3 Å². The Morgan fingerprint density at radius 3 is 2.74 bits per heavy atom. The zero-order valence-electron chi connectivity index (χ0n) is 11.6. The molecule has 1 aliphatic heterocycles. The van der Waals surface area contributed by atoms with Gasteiger partial charge in [-0.1, -0.05) is 36.8 Å². The Morgan fingerprint density at radius 2 is 1.89 bits per heavy atom. The molecule has 2 bridgehead atoms. The fourth-order valence-electron chi connectivity index (χ4n) is 3.66. The molecule has 102 valence electrons. The van der Waals surface area contributed by atoms with Crippen molar-refractivity contribution >= 4 is 5.78 Å². The molecule has 0 spiro atoms. The average Bonchev–Trinajstić information content (AvgIpc) is 2.78. The van der Waals surface area contributed by atoms with Crippen LogP contribution in [0.2, 0.25) is 0 Å². The SMILES string of the molecule is O=C(CCN1CC[C@H]2CC[C@@H](C2)C1)c1ccccc1. The number of rotatable bonds is 4. The van der Waals surface area contributed by atoms with Crippen LogP contribution in [0.15, 0.2) is 30.3 Å². The lowest BCUT2D eigenvalue weighted by Crippen LogP contribution is -2.31. The molecule has 1 aromatic rings. The number of nitrogens with zero attached hydrogens (tertiary/aromatic N) is 1. The normalized spacial score (nSPS) is 27.2. The zero-order chi connectivity index (χ0) is 13.1. The van der Waals surface area contributed by atoms with E-state index in [4.69, 9.17) is 0 Å². The fraction of sp³-hybridized carbons (Fsp3) is 0.588. The molecular formula is C17H23NO. The largest absolute Gasteiger partial charge is 0.303 e. The van der Waals surface area contributed by atoms with E-state index in [2.05, 4.69) is 4.90 Å². The molecule has 0 unspecified atom stereocenters. The summed E-state index contributed by atoms with van der Waals surface area (Å²) in [5, 5.41) is 0. The van der Waals surface area contributed by atoms with Crippen LogP contribution in [0.5, 0.6) is 0 Å². The van der Waals surface area contributed by atoms with Gasteiger partial charge in [-0.2, -0.15) is 0 Å². The van der Waals surface area contributed by atoms with Crippen molar-refractivity contribution in [2.45, 2.75) is 32.1 Å². The Balaban J connectivity index is 1.51. The van der Waals surface area contributed by atoms with E-state index in [9.17, 15) is 4.79 Å². The molecule has 2 fully saturated rings. The first kappa shape index (κ1) is 12.9. The smallest absolute Gasteiger partial charge is 0.164 e. The molecule has 19 heavy (non-hydrogen) atoms. The second-order valence-electron chi connectivity index (χ2n) is 6.17. The van der Waals surface area contributed by atoms with Crippen LogP contribution < -0.4 is 0 Å². The number of hydrogen-bond donors (Lipinski definition) is 0. The molecule has 0 N–H and O–H groups in total. The van der Waals surface area contributed by atoms with Crippen LogP contribution in [0.4, 0.5) is 0 Å². The maximum atomic E-state index is 12.1. The van der Waals surface area contributed by atoms with Crippen molar-refractivity contribution in [2.75, 3.05) is 19.6 Å². The van der Waals surface area contributed by atoms with Crippen LogP contribution >= 0.6 is 0 Å². The summed E-state index contributed by atoms with van der Waals surface area (Å²) in [5.41, 5.74) is 0.860. The Morgan fingerprint density at radius 1 is 1.11 bits per heavy atom. The standard InChI is InChI=1S/C17H23NO/c19-17(16-4-2-1-3-5-16)9-11-18-10-8-14-6-7-15(12-14)13-18/h1-5,14-15H,6-13H2/t14-,15+/m1/s1. The monoisotopic (exact) mass is 257 g/mol. The second kappa shape index (κ2) is 5.87. The van der Waals surface area contributed by atoms with Gasteiger partial charge in [0.1, 0.15) is 0 Å². The first-order chi connectivity index (χ1) is 9.31. The van der Waals surface area contributed by atoms with Crippen LogP contribution in [0, 0.1) is 11.8 Å². The first-order valence-corrected chi connectivity index (χ1v) is 7.62. The Labute approximate surface area is 115 Å². The third kappa shape index (κ3) is 3.24. The molecule has 3 rings (SSSR count). The van der Waals surface area contributed by atoms with Gasteiger partial charge in [-0.3, -0.25) is 4.79 Å². The van der Waals surface area contributed by atoms with Gasteiger partial charge in [-0.25, -0.2) is 0 Å². The van der Waals surface area contributed by atoms with Gasteiger partial charge in [0.15, 0.2) is 5.78 Å². The van der Waals surface area contributed by atoms with Crippen molar-refractivity contribution in [3.8, 4) is 0 Å². The highest BCUT2D eigenvalue weighted by molar-refractivity contribution is 5.96. The summed E-state index contributed by atoms with van der Waals surface area (Å²) < 4.78 is 0. The molecule has 0 aromatic heterocycles. The predicted octanol–water partition coefficient (Wildman–Crippen LogP) is 3.38. The zero-order valence-corrected chi connectivity index (χ0v) is 11.6. The Hall–Kier alpha value is -1.15. The van der Waals surface area contributed by atoms with Gasteiger partial charge in [-0.15, -0.1) is 0 Å². The van der Waals surface area contributed by atoms with E-state index >= 15 is 0 Å². The van der Waals surface area contributed by atoms with E-state index in [1.807, 2.05) is 30.3 Å². The molecule has 1 saturated heterocycles. The molecule has 2 aliphatic rings. The highest BCUT2D eigenvalue weighted by Gasteiger charge is 2.29. The van der Waals surface area contributed by atoms with Crippen molar-refractivity contribution in [2.24, 2.45) is 11.8 Å². The lowest BCUT2D eigenvalue weighted by Gasteiger charge is -2.24.